The van der Waals surface area contributed by atoms with Crippen LogP contribution in [0.5, 0.6) is 0 Å². The number of aromatic nitrogens is 1. The first-order valence-corrected chi connectivity index (χ1v) is 12.1. The summed E-state index contributed by atoms with van der Waals surface area (Å²) >= 11 is 17.2. The minimum Gasteiger partial charge on any atom is -0.349 e. The zero-order valence-corrected chi connectivity index (χ0v) is 20.8. The van der Waals surface area contributed by atoms with Crippen molar-refractivity contribution in [3.63, 3.8) is 0 Å². The Labute approximate surface area is 220 Å². The molecule has 2 unspecified atom stereocenters. The van der Waals surface area contributed by atoms with Crippen molar-refractivity contribution in [3.8, 4) is 0 Å². The van der Waals surface area contributed by atoms with Crippen LogP contribution in [0.25, 0.3) is 6.08 Å². The number of carbonyl (C=O) groups excluding carboxylic acids is 1. The molecule has 0 aliphatic heterocycles. The second kappa shape index (κ2) is 10.8. The van der Waals surface area contributed by atoms with Gasteiger partial charge in [0.2, 0.25) is 5.91 Å². The van der Waals surface area contributed by atoms with Crippen LogP contribution < -0.4 is 5.32 Å². The Morgan fingerprint density at radius 2 is 1.83 bits per heavy atom. The minimum absolute atomic E-state index is 0.160. The van der Waals surface area contributed by atoms with Gasteiger partial charge in [-0.05, 0) is 58.9 Å². The molecule has 0 spiro atoms. The summed E-state index contributed by atoms with van der Waals surface area (Å²) in [6.07, 6.45) is 0.797. The highest BCUT2D eigenvalue weighted by Crippen LogP contribution is 2.40. The molecule has 0 saturated carbocycles. The van der Waals surface area contributed by atoms with Crippen molar-refractivity contribution >= 4 is 46.8 Å². The zero-order chi connectivity index (χ0) is 26.0. The van der Waals surface area contributed by atoms with Gasteiger partial charge < -0.3 is 5.32 Å². The SMILES string of the molecule is O=C(Cc1ccc(Cl)nc1)NC1CCc2cc(/C=C/C(c3cc(Cl)c(F)c(Cl)c3)C(F)(F)F)ccc21. The van der Waals surface area contributed by atoms with Crippen molar-refractivity contribution in [2.45, 2.75) is 37.4 Å². The number of allylic oxidation sites excluding steroid dienone is 1. The van der Waals surface area contributed by atoms with Gasteiger partial charge in [0, 0.05) is 6.20 Å². The lowest BCUT2D eigenvalue weighted by Gasteiger charge is -2.18. The van der Waals surface area contributed by atoms with E-state index in [1.54, 1.807) is 30.5 Å². The van der Waals surface area contributed by atoms with E-state index in [2.05, 4.69) is 10.3 Å². The van der Waals surface area contributed by atoms with E-state index in [1.807, 2.05) is 6.07 Å². The lowest BCUT2D eigenvalue weighted by molar-refractivity contribution is -0.139. The molecular weight excluding hydrogens is 539 g/mol. The number of hydrogen-bond donors (Lipinski definition) is 1. The van der Waals surface area contributed by atoms with Gasteiger partial charge in [0.25, 0.3) is 0 Å². The molecule has 4 rings (SSSR count). The maximum absolute atomic E-state index is 13.8. The van der Waals surface area contributed by atoms with Crippen molar-refractivity contribution in [1.29, 1.82) is 0 Å². The Bertz CT molecular complexity index is 1290. The second-order valence-electron chi connectivity index (χ2n) is 8.46. The van der Waals surface area contributed by atoms with E-state index in [0.29, 0.717) is 23.6 Å². The number of fused-ring (bicyclic) bond motifs is 1. The Kier molecular flexibility index (Phi) is 7.93. The Morgan fingerprint density at radius 1 is 1.11 bits per heavy atom. The van der Waals surface area contributed by atoms with Crippen LogP contribution in [0.3, 0.4) is 0 Å². The van der Waals surface area contributed by atoms with Crippen LogP contribution in [0.1, 0.15) is 46.2 Å². The monoisotopic (exact) mass is 556 g/mol. The van der Waals surface area contributed by atoms with Crippen LogP contribution >= 0.6 is 34.8 Å². The molecule has 2 aromatic carbocycles. The summed E-state index contributed by atoms with van der Waals surface area (Å²) < 4.78 is 55.0. The van der Waals surface area contributed by atoms with E-state index >= 15 is 0 Å². The number of hydrogen-bond acceptors (Lipinski definition) is 2. The first-order valence-electron chi connectivity index (χ1n) is 10.9. The van der Waals surface area contributed by atoms with E-state index in [-0.39, 0.29) is 23.9 Å². The topological polar surface area (TPSA) is 42.0 Å². The average Bonchev–Trinajstić information content (AvgIpc) is 3.20. The van der Waals surface area contributed by atoms with Crippen LogP contribution in [-0.4, -0.2) is 17.1 Å². The molecule has 0 radical (unpaired) electrons. The van der Waals surface area contributed by atoms with Gasteiger partial charge >= 0.3 is 6.18 Å². The Balaban J connectivity index is 1.48. The summed E-state index contributed by atoms with van der Waals surface area (Å²) in [6, 6.07) is 10.3. The van der Waals surface area contributed by atoms with Gasteiger partial charge in [0.15, 0.2) is 5.82 Å². The lowest BCUT2D eigenvalue weighted by atomic mass is 9.96. The van der Waals surface area contributed by atoms with E-state index < -0.39 is 28.0 Å². The largest absolute Gasteiger partial charge is 0.399 e. The van der Waals surface area contributed by atoms with Crippen molar-refractivity contribution in [3.05, 3.63) is 104 Å². The smallest absolute Gasteiger partial charge is 0.349 e. The van der Waals surface area contributed by atoms with Crippen LogP contribution in [0, 0.1) is 5.82 Å². The number of nitrogens with one attached hydrogen (secondary N) is 1. The molecule has 1 N–H and O–H groups in total. The summed E-state index contributed by atoms with van der Waals surface area (Å²) in [5, 5.41) is 2.40. The summed E-state index contributed by atoms with van der Waals surface area (Å²) in [4.78, 5) is 16.4. The number of pyridine rings is 1. The predicted molar refractivity (Wildman–Crippen MR) is 133 cm³/mol. The molecule has 1 aliphatic rings. The fourth-order valence-electron chi connectivity index (χ4n) is 4.20. The lowest BCUT2D eigenvalue weighted by Crippen LogP contribution is -2.28. The van der Waals surface area contributed by atoms with Gasteiger partial charge in [0.05, 0.1) is 28.4 Å². The van der Waals surface area contributed by atoms with Crippen LogP contribution in [0.2, 0.25) is 15.2 Å². The van der Waals surface area contributed by atoms with Crippen molar-refractivity contribution in [2.75, 3.05) is 0 Å². The first-order chi connectivity index (χ1) is 17.0. The molecule has 10 heteroatoms. The summed E-state index contributed by atoms with van der Waals surface area (Å²) in [6.45, 7) is 0. The van der Waals surface area contributed by atoms with E-state index in [1.165, 1.54) is 6.08 Å². The van der Waals surface area contributed by atoms with E-state index in [9.17, 15) is 22.4 Å². The molecule has 36 heavy (non-hydrogen) atoms. The molecule has 0 fully saturated rings. The molecule has 1 aromatic heterocycles. The molecule has 1 amide bonds. The van der Waals surface area contributed by atoms with Crippen molar-refractivity contribution < 1.29 is 22.4 Å². The molecule has 1 aliphatic carbocycles. The fraction of sp³-hybridized carbons (Fsp3) is 0.231. The van der Waals surface area contributed by atoms with Gasteiger partial charge in [-0.3, -0.25) is 4.79 Å². The molecule has 188 valence electrons. The predicted octanol–water partition coefficient (Wildman–Crippen LogP) is 7.89. The Morgan fingerprint density at radius 3 is 2.47 bits per heavy atom. The third-order valence-corrected chi connectivity index (χ3v) is 6.71. The molecule has 0 saturated heterocycles. The highest BCUT2D eigenvalue weighted by molar-refractivity contribution is 6.35. The van der Waals surface area contributed by atoms with Gasteiger partial charge in [-0.2, -0.15) is 13.2 Å². The van der Waals surface area contributed by atoms with Gasteiger partial charge in [-0.15, -0.1) is 0 Å². The van der Waals surface area contributed by atoms with Crippen LogP contribution in [-0.2, 0) is 17.6 Å². The minimum atomic E-state index is -4.63. The zero-order valence-electron chi connectivity index (χ0n) is 18.6. The number of benzene rings is 2. The highest BCUT2D eigenvalue weighted by atomic mass is 35.5. The fourth-order valence-corrected chi connectivity index (χ4v) is 4.82. The van der Waals surface area contributed by atoms with Crippen LogP contribution in [0.15, 0.2) is 54.7 Å². The molecule has 3 aromatic rings. The summed E-state index contributed by atoms with van der Waals surface area (Å²) in [7, 11) is 0. The molecule has 3 nitrogen and oxygen atoms in total. The maximum Gasteiger partial charge on any atom is 0.399 e. The van der Waals surface area contributed by atoms with Gasteiger partial charge in [-0.1, -0.05) is 71.2 Å². The van der Waals surface area contributed by atoms with Crippen LogP contribution in [0.4, 0.5) is 17.6 Å². The van der Waals surface area contributed by atoms with Gasteiger partial charge in [0.1, 0.15) is 5.15 Å². The number of aryl methyl sites for hydroxylation is 1. The quantitative estimate of drug-likeness (QED) is 0.190. The molecule has 1 heterocycles. The third kappa shape index (κ3) is 6.20. The normalized spacial score (nSPS) is 16.2. The van der Waals surface area contributed by atoms with E-state index in [4.69, 9.17) is 34.8 Å². The van der Waals surface area contributed by atoms with Gasteiger partial charge in [-0.25, -0.2) is 9.37 Å². The number of nitrogens with zero attached hydrogens (tertiary/aromatic N) is 1. The second-order valence-corrected chi connectivity index (χ2v) is 9.66. The molecular formula is C26H19Cl3F4N2O. The summed E-state index contributed by atoms with van der Waals surface area (Å²) in [5.74, 6) is -3.14. The number of halogens is 7. The number of rotatable bonds is 6. The number of amides is 1. The third-order valence-electron chi connectivity index (χ3n) is 5.93. The molecule has 2 atom stereocenters. The number of carbonyl (C=O) groups is 1. The molecule has 0 bridgehead atoms. The number of alkyl halides is 3. The maximum atomic E-state index is 13.8. The average molecular weight is 558 g/mol. The Hall–Kier alpha value is -2.61. The first kappa shape index (κ1) is 26.5. The summed E-state index contributed by atoms with van der Waals surface area (Å²) in [5.41, 5.74) is 2.93. The van der Waals surface area contributed by atoms with E-state index in [0.717, 1.165) is 34.9 Å². The standard InChI is InChI=1S/C26H19Cl3F4N2O/c27-20-11-17(12-21(28)25(20)30)19(26(31,32)33)6-2-14-1-5-18-16(9-14)4-7-22(18)35-24(36)10-15-3-8-23(29)34-13-15/h1-3,5-6,8-9,11-13,19,22H,4,7,10H2,(H,35,36)/b6-2+. The van der Waals surface area contributed by atoms with Crippen molar-refractivity contribution in [1.82, 2.24) is 10.3 Å². The highest BCUT2D eigenvalue weighted by Gasteiger charge is 2.39. The van der Waals surface area contributed by atoms with Crippen molar-refractivity contribution in [2.24, 2.45) is 0 Å².